The molecule has 2 aliphatic rings. The monoisotopic (exact) mass is 225 g/mol. The van der Waals surface area contributed by atoms with Crippen molar-refractivity contribution in [2.45, 2.75) is 38.2 Å². The van der Waals surface area contributed by atoms with Gasteiger partial charge in [0.1, 0.15) is 0 Å². The van der Waals surface area contributed by atoms with E-state index in [2.05, 4.69) is 15.6 Å². The molecule has 0 spiro atoms. The minimum absolute atomic E-state index is 0.467. The highest BCUT2D eigenvalue weighted by Gasteiger charge is 2.21. The van der Waals surface area contributed by atoms with E-state index < -0.39 is 0 Å². The average Bonchev–Trinajstić information content (AvgIpc) is 2.99. The fourth-order valence-electron chi connectivity index (χ4n) is 2.01. The van der Waals surface area contributed by atoms with Crippen molar-refractivity contribution in [2.75, 3.05) is 26.7 Å². The lowest BCUT2D eigenvalue weighted by molar-refractivity contribution is 0.105. The highest BCUT2D eigenvalue weighted by Crippen LogP contribution is 2.27. The summed E-state index contributed by atoms with van der Waals surface area (Å²) < 4.78 is 5.58. The smallest absolute Gasteiger partial charge is 0.190 e. The maximum atomic E-state index is 5.58. The van der Waals surface area contributed by atoms with E-state index in [-0.39, 0.29) is 0 Å². The summed E-state index contributed by atoms with van der Waals surface area (Å²) in [6, 6.07) is 0. The molecule has 16 heavy (non-hydrogen) atoms. The van der Waals surface area contributed by atoms with Crippen molar-refractivity contribution < 1.29 is 4.74 Å². The van der Waals surface area contributed by atoms with Crippen LogP contribution in [-0.2, 0) is 4.74 Å². The molecule has 1 aliphatic carbocycles. The van der Waals surface area contributed by atoms with E-state index in [4.69, 9.17) is 4.74 Å². The van der Waals surface area contributed by atoms with Gasteiger partial charge in [-0.25, -0.2) is 0 Å². The van der Waals surface area contributed by atoms with E-state index in [1.807, 2.05) is 7.05 Å². The maximum Gasteiger partial charge on any atom is 0.190 e. The van der Waals surface area contributed by atoms with E-state index >= 15 is 0 Å². The fraction of sp³-hybridized carbons (Fsp3) is 0.917. The number of rotatable bonds is 5. The second kappa shape index (κ2) is 6.09. The molecule has 1 atom stereocenters. The average molecular weight is 225 g/mol. The van der Waals surface area contributed by atoms with Crippen LogP contribution in [0.4, 0.5) is 0 Å². The molecule has 1 saturated carbocycles. The second-order valence-electron chi connectivity index (χ2n) is 4.75. The van der Waals surface area contributed by atoms with Crippen molar-refractivity contribution in [3.8, 4) is 0 Å². The molecule has 1 heterocycles. The van der Waals surface area contributed by atoms with Crippen molar-refractivity contribution in [3.05, 3.63) is 0 Å². The third-order valence-electron chi connectivity index (χ3n) is 3.26. The van der Waals surface area contributed by atoms with Crippen LogP contribution in [-0.4, -0.2) is 38.8 Å². The molecule has 4 heteroatoms. The van der Waals surface area contributed by atoms with Gasteiger partial charge in [-0.3, -0.25) is 4.99 Å². The molecule has 0 bridgehead atoms. The predicted octanol–water partition coefficient (Wildman–Crippen LogP) is 1.13. The first-order chi connectivity index (χ1) is 7.88. The largest absolute Gasteiger partial charge is 0.378 e. The van der Waals surface area contributed by atoms with Crippen molar-refractivity contribution in [3.63, 3.8) is 0 Å². The third kappa shape index (κ3) is 4.00. The molecular weight excluding hydrogens is 202 g/mol. The van der Waals surface area contributed by atoms with E-state index in [0.29, 0.717) is 6.10 Å². The fourth-order valence-corrected chi connectivity index (χ4v) is 2.01. The number of nitrogens with zero attached hydrogens (tertiary/aromatic N) is 1. The zero-order valence-electron chi connectivity index (χ0n) is 10.2. The lowest BCUT2D eigenvalue weighted by Crippen LogP contribution is -2.39. The number of aliphatic imine (C=N–C) groups is 1. The first-order valence-electron chi connectivity index (χ1n) is 6.44. The van der Waals surface area contributed by atoms with Gasteiger partial charge in [0, 0.05) is 26.7 Å². The summed E-state index contributed by atoms with van der Waals surface area (Å²) in [5.74, 6) is 1.82. The van der Waals surface area contributed by atoms with Gasteiger partial charge in [-0.1, -0.05) is 0 Å². The molecule has 1 aliphatic heterocycles. The Balaban J connectivity index is 1.54. The second-order valence-corrected chi connectivity index (χ2v) is 4.75. The highest BCUT2D eigenvalue weighted by molar-refractivity contribution is 5.79. The quantitative estimate of drug-likeness (QED) is 0.544. The lowest BCUT2D eigenvalue weighted by Gasteiger charge is -2.13. The molecule has 0 aromatic heterocycles. The van der Waals surface area contributed by atoms with E-state index in [9.17, 15) is 0 Å². The highest BCUT2D eigenvalue weighted by atomic mass is 16.5. The molecule has 2 fully saturated rings. The number of hydrogen-bond donors (Lipinski definition) is 2. The Morgan fingerprint density at radius 2 is 2.19 bits per heavy atom. The summed E-state index contributed by atoms with van der Waals surface area (Å²) in [4.78, 5) is 4.21. The molecule has 0 aromatic carbocycles. The van der Waals surface area contributed by atoms with Crippen LogP contribution in [0.25, 0.3) is 0 Å². The Labute approximate surface area is 97.9 Å². The predicted molar refractivity (Wildman–Crippen MR) is 65.7 cm³/mol. The Hall–Kier alpha value is -0.770. The first kappa shape index (κ1) is 11.7. The Morgan fingerprint density at radius 1 is 1.31 bits per heavy atom. The molecule has 2 N–H and O–H groups in total. The van der Waals surface area contributed by atoms with Crippen LogP contribution in [0.5, 0.6) is 0 Å². The zero-order chi connectivity index (χ0) is 11.2. The van der Waals surface area contributed by atoms with Gasteiger partial charge in [-0.05, 0) is 38.0 Å². The standard InChI is InChI=1S/C12H23N3O/c1-13-12(15-9-10-4-5-10)14-7-6-11-3-2-8-16-11/h10-11H,2-9H2,1H3,(H2,13,14,15). The third-order valence-corrected chi connectivity index (χ3v) is 3.26. The zero-order valence-corrected chi connectivity index (χ0v) is 10.2. The van der Waals surface area contributed by atoms with Gasteiger partial charge < -0.3 is 15.4 Å². The summed E-state index contributed by atoms with van der Waals surface area (Å²) >= 11 is 0. The van der Waals surface area contributed by atoms with Crippen molar-refractivity contribution >= 4 is 5.96 Å². The van der Waals surface area contributed by atoms with Gasteiger partial charge in [-0.15, -0.1) is 0 Å². The molecule has 0 amide bonds. The number of hydrogen-bond acceptors (Lipinski definition) is 2. The maximum absolute atomic E-state index is 5.58. The number of guanidine groups is 1. The van der Waals surface area contributed by atoms with Crippen LogP contribution < -0.4 is 10.6 Å². The molecular formula is C12H23N3O. The van der Waals surface area contributed by atoms with Crippen LogP contribution in [0.3, 0.4) is 0 Å². The van der Waals surface area contributed by atoms with Crippen LogP contribution in [0.15, 0.2) is 4.99 Å². The summed E-state index contributed by atoms with van der Waals surface area (Å²) in [6.07, 6.45) is 6.74. The van der Waals surface area contributed by atoms with E-state index in [1.165, 1.54) is 25.7 Å². The Morgan fingerprint density at radius 3 is 2.81 bits per heavy atom. The summed E-state index contributed by atoms with van der Waals surface area (Å²) in [5, 5.41) is 6.69. The van der Waals surface area contributed by atoms with Gasteiger partial charge in [0.15, 0.2) is 5.96 Å². The van der Waals surface area contributed by atoms with Crippen molar-refractivity contribution in [2.24, 2.45) is 10.9 Å². The summed E-state index contributed by atoms with van der Waals surface area (Å²) in [5.41, 5.74) is 0. The molecule has 0 aromatic rings. The molecule has 4 nitrogen and oxygen atoms in total. The van der Waals surface area contributed by atoms with Crippen molar-refractivity contribution in [1.82, 2.24) is 10.6 Å². The van der Waals surface area contributed by atoms with Crippen molar-refractivity contribution in [1.29, 1.82) is 0 Å². The van der Waals surface area contributed by atoms with E-state index in [0.717, 1.165) is 38.0 Å². The van der Waals surface area contributed by atoms with Gasteiger partial charge in [-0.2, -0.15) is 0 Å². The van der Waals surface area contributed by atoms with Crippen LogP contribution in [0.2, 0.25) is 0 Å². The molecule has 0 radical (unpaired) electrons. The number of nitrogens with one attached hydrogen (secondary N) is 2. The summed E-state index contributed by atoms with van der Waals surface area (Å²) in [6.45, 7) is 2.97. The molecule has 1 saturated heterocycles. The SMILES string of the molecule is CN=C(NCCC1CCCO1)NCC1CC1. The Kier molecular flexibility index (Phi) is 4.45. The topological polar surface area (TPSA) is 45.7 Å². The van der Waals surface area contributed by atoms with Crippen LogP contribution in [0, 0.1) is 5.92 Å². The van der Waals surface area contributed by atoms with Gasteiger partial charge in [0.25, 0.3) is 0 Å². The lowest BCUT2D eigenvalue weighted by atomic mass is 10.2. The molecule has 92 valence electrons. The first-order valence-corrected chi connectivity index (χ1v) is 6.44. The molecule has 2 rings (SSSR count). The van der Waals surface area contributed by atoms with Gasteiger partial charge in [0.2, 0.25) is 0 Å². The van der Waals surface area contributed by atoms with Crippen LogP contribution >= 0.6 is 0 Å². The van der Waals surface area contributed by atoms with Gasteiger partial charge >= 0.3 is 0 Å². The Bertz CT molecular complexity index is 232. The minimum atomic E-state index is 0.467. The molecule has 1 unspecified atom stereocenters. The van der Waals surface area contributed by atoms with Gasteiger partial charge in [0.05, 0.1) is 6.10 Å². The number of ether oxygens (including phenoxy) is 1. The summed E-state index contributed by atoms with van der Waals surface area (Å²) in [7, 11) is 1.83. The van der Waals surface area contributed by atoms with Crippen LogP contribution in [0.1, 0.15) is 32.1 Å². The minimum Gasteiger partial charge on any atom is -0.378 e. The normalized spacial score (nSPS) is 25.8. The van der Waals surface area contributed by atoms with E-state index in [1.54, 1.807) is 0 Å².